The van der Waals surface area contributed by atoms with Crippen molar-refractivity contribution in [3.8, 4) is 11.5 Å². The van der Waals surface area contributed by atoms with Gasteiger partial charge in [0.15, 0.2) is 0 Å². The number of rotatable bonds is 5. The summed E-state index contributed by atoms with van der Waals surface area (Å²) in [6, 6.07) is 8.16. The Morgan fingerprint density at radius 1 is 1.09 bits per heavy atom. The van der Waals surface area contributed by atoms with Crippen LogP contribution in [-0.2, 0) is 11.3 Å². The summed E-state index contributed by atoms with van der Waals surface area (Å²) in [5.74, 6) is -0.497. The predicted octanol–water partition coefficient (Wildman–Crippen LogP) is 3.35. The second kappa shape index (κ2) is 6.99. The number of carbonyl (C=O) groups is 1. The van der Waals surface area contributed by atoms with Crippen LogP contribution in [-0.4, -0.2) is 24.4 Å². The van der Waals surface area contributed by atoms with Crippen LogP contribution < -0.4 is 9.47 Å². The minimum absolute atomic E-state index is 0.147. The van der Waals surface area contributed by atoms with Crippen molar-refractivity contribution in [1.82, 2.24) is 4.98 Å². The van der Waals surface area contributed by atoms with Crippen LogP contribution in [0.3, 0.4) is 0 Å². The minimum Gasteiger partial charge on any atom is -0.489 e. The zero-order valence-corrected chi connectivity index (χ0v) is 12.0. The van der Waals surface area contributed by atoms with Crippen molar-refractivity contribution < 1.29 is 32.2 Å². The van der Waals surface area contributed by atoms with Gasteiger partial charge in [0.05, 0.1) is 7.11 Å². The van der Waals surface area contributed by atoms with E-state index in [-0.39, 0.29) is 18.1 Å². The van der Waals surface area contributed by atoms with Crippen LogP contribution in [0.1, 0.15) is 16.1 Å². The molecule has 2 aromatic rings. The molecule has 8 heteroatoms. The van der Waals surface area contributed by atoms with Crippen LogP contribution in [0.2, 0.25) is 0 Å². The summed E-state index contributed by atoms with van der Waals surface area (Å²) in [5, 5.41) is 0. The number of ether oxygens (including phenoxy) is 3. The summed E-state index contributed by atoms with van der Waals surface area (Å²) >= 11 is 0. The number of hydrogen-bond acceptors (Lipinski definition) is 5. The molecule has 0 atom stereocenters. The second-order valence-corrected chi connectivity index (χ2v) is 4.35. The molecule has 0 amide bonds. The molecule has 0 aliphatic heterocycles. The third-order valence-electron chi connectivity index (χ3n) is 2.68. The molecule has 0 bridgehead atoms. The number of hydrogen-bond donors (Lipinski definition) is 0. The molecule has 2 rings (SSSR count). The standard InChI is InChI=1S/C15H12F3NO4/c1-21-14(20)13-7-2-10(8-19-13)9-22-11-3-5-12(6-4-11)23-15(16,17)18/h2-8H,9H2,1H3. The molecule has 0 aliphatic carbocycles. The van der Waals surface area contributed by atoms with Gasteiger partial charge in [0.1, 0.15) is 23.8 Å². The third-order valence-corrected chi connectivity index (χ3v) is 2.68. The van der Waals surface area contributed by atoms with E-state index in [1.807, 2.05) is 0 Å². The monoisotopic (exact) mass is 327 g/mol. The second-order valence-electron chi connectivity index (χ2n) is 4.35. The van der Waals surface area contributed by atoms with E-state index in [0.29, 0.717) is 11.3 Å². The maximum absolute atomic E-state index is 12.0. The Morgan fingerprint density at radius 2 is 1.74 bits per heavy atom. The Kier molecular flexibility index (Phi) is 5.05. The fourth-order valence-corrected chi connectivity index (χ4v) is 1.64. The normalized spacial score (nSPS) is 11.0. The highest BCUT2D eigenvalue weighted by Gasteiger charge is 2.30. The summed E-state index contributed by atoms with van der Waals surface area (Å²) in [6.45, 7) is 0.147. The van der Waals surface area contributed by atoms with Crippen LogP contribution in [0, 0.1) is 0 Å². The van der Waals surface area contributed by atoms with Gasteiger partial charge in [0.2, 0.25) is 0 Å². The molecular weight excluding hydrogens is 315 g/mol. The van der Waals surface area contributed by atoms with Crippen LogP contribution >= 0.6 is 0 Å². The topological polar surface area (TPSA) is 57.7 Å². The Bertz CT molecular complexity index is 654. The van der Waals surface area contributed by atoms with Gasteiger partial charge in [-0.1, -0.05) is 6.07 Å². The number of pyridine rings is 1. The van der Waals surface area contributed by atoms with Gasteiger partial charge in [-0.25, -0.2) is 9.78 Å². The van der Waals surface area contributed by atoms with Gasteiger partial charge in [-0.05, 0) is 30.3 Å². The van der Waals surface area contributed by atoms with Crippen LogP contribution in [0.5, 0.6) is 11.5 Å². The van der Waals surface area contributed by atoms with Crippen molar-refractivity contribution in [3.63, 3.8) is 0 Å². The number of benzene rings is 1. The van der Waals surface area contributed by atoms with Crippen molar-refractivity contribution >= 4 is 5.97 Å². The molecule has 0 unspecified atom stereocenters. The molecule has 0 saturated carbocycles. The molecule has 0 fully saturated rings. The molecular formula is C15H12F3NO4. The first-order valence-electron chi connectivity index (χ1n) is 6.39. The first kappa shape index (κ1) is 16.6. The number of nitrogens with zero attached hydrogens (tertiary/aromatic N) is 1. The number of halogens is 3. The van der Waals surface area contributed by atoms with Gasteiger partial charge in [-0.2, -0.15) is 0 Å². The number of aromatic nitrogens is 1. The lowest BCUT2D eigenvalue weighted by atomic mass is 10.2. The average molecular weight is 327 g/mol. The molecule has 23 heavy (non-hydrogen) atoms. The van der Waals surface area contributed by atoms with E-state index in [2.05, 4.69) is 14.5 Å². The van der Waals surface area contributed by atoms with Gasteiger partial charge < -0.3 is 14.2 Å². The van der Waals surface area contributed by atoms with Crippen molar-refractivity contribution in [2.45, 2.75) is 13.0 Å². The molecule has 0 N–H and O–H groups in total. The smallest absolute Gasteiger partial charge is 0.489 e. The third kappa shape index (κ3) is 5.17. The molecule has 0 spiro atoms. The summed E-state index contributed by atoms with van der Waals surface area (Å²) in [5.41, 5.74) is 0.859. The lowest BCUT2D eigenvalue weighted by Crippen LogP contribution is -2.16. The van der Waals surface area contributed by atoms with E-state index in [9.17, 15) is 18.0 Å². The highest BCUT2D eigenvalue weighted by Crippen LogP contribution is 2.25. The number of esters is 1. The van der Waals surface area contributed by atoms with Crippen molar-refractivity contribution in [3.05, 3.63) is 53.9 Å². The first-order valence-corrected chi connectivity index (χ1v) is 6.39. The summed E-state index contributed by atoms with van der Waals surface area (Å²) in [7, 11) is 1.26. The van der Waals surface area contributed by atoms with Crippen LogP contribution in [0.15, 0.2) is 42.6 Å². The van der Waals surface area contributed by atoms with E-state index in [0.717, 1.165) is 12.1 Å². The number of carbonyl (C=O) groups excluding carboxylic acids is 1. The number of methoxy groups -OCH3 is 1. The zero-order chi connectivity index (χ0) is 16.9. The van der Waals surface area contributed by atoms with Gasteiger partial charge in [0, 0.05) is 11.8 Å². The lowest BCUT2D eigenvalue weighted by molar-refractivity contribution is -0.274. The van der Waals surface area contributed by atoms with Gasteiger partial charge in [0.25, 0.3) is 0 Å². The van der Waals surface area contributed by atoms with Crippen molar-refractivity contribution in [2.75, 3.05) is 7.11 Å². The first-order chi connectivity index (χ1) is 10.9. The largest absolute Gasteiger partial charge is 0.573 e. The molecule has 0 radical (unpaired) electrons. The molecule has 0 aliphatic rings. The Hall–Kier alpha value is -2.77. The Labute approximate surface area is 129 Å². The van der Waals surface area contributed by atoms with Crippen molar-refractivity contribution in [1.29, 1.82) is 0 Å². The Morgan fingerprint density at radius 3 is 2.26 bits per heavy atom. The minimum atomic E-state index is -4.73. The van der Waals surface area contributed by atoms with Crippen molar-refractivity contribution in [2.24, 2.45) is 0 Å². The van der Waals surface area contributed by atoms with E-state index in [1.54, 1.807) is 6.07 Å². The van der Waals surface area contributed by atoms with Gasteiger partial charge in [-0.15, -0.1) is 13.2 Å². The predicted molar refractivity (Wildman–Crippen MR) is 73.0 cm³/mol. The fraction of sp³-hybridized carbons (Fsp3) is 0.200. The highest BCUT2D eigenvalue weighted by molar-refractivity contribution is 5.86. The SMILES string of the molecule is COC(=O)c1ccc(COc2ccc(OC(F)(F)F)cc2)cn1. The summed E-state index contributed by atoms with van der Waals surface area (Å²) in [6.07, 6.45) is -3.27. The molecule has 1 heterocycles. The lowest BCUT2D eigenvalue weighted by Gasteiger charge is -2.10. The van der Waals surface area contributed by atoms with Gasteiger partial charge >= 0.3 is 12.3 Å². The number of alkyl halides is 3. The van der Waals surface area contributed by atoms with Crippen LogP contribution in [0.4, 0.5) is 13.2 Å². The van der Waals surface area contributed by atoms with Crippen LogP contribution in [0.25, 0.3) is 0 Å². The maximum Gasteiger partial charge on any atom is 0.573 e. The highest BCUT2D eigenvalue weighted by atomic mass is 19.4. The fourth-order valence-electron chi connectivity index (χ4n) is 1.64. The quantitative estimate of drug-likeness (QED) is 0.788. The molecule has 0 saturated heterocycles. The zero-order valence-electron chi connectivity index (χ0n) is 12.0. The van der Waals surface area contributed by atoms with E-state index >= 15 is 0 Å². The molecule has 1 aromatic carbocycles. The maximum atomic E-state index is 12.0. The summed E-state index contributed by atoms with van der Waals surface area (Å²) in [4.78, 5) is 15.1. The van der Waals surface area contributed by atoms with E-state index in [1.165, 1.54) is 31.5 Å². The summed E-state index contributed by atoms with van der Waals surface area (Å²) < 4.78 is 49.8. The molecule has 122 valence electrons. The van der Waals surface area contributed by atoms with Gasteiger partial charge in [-0.3, -0.25) is 0 Å². The van der Waals surface area contributed by atoms with E-state index in [4.69, 9.17) is 4.74 Å². The van der Waals surface area contributed by atoms with E-state index < -0.39 is 12.3 Å². The Balaban J connectivity index is 1.92. The average Bonchev–Trinajstić information content (AvgIpc) is 2.52. The molecule has 1 aromatic heterocycles. The molecule has 5 nitrogen and oxygen atoms in total.